The number of pyridine rings is 2. The van der Waals surface area contributed by atoms with Crippen LogP contribution >= 0.6 is 11.6 Å². The van der Waals surface area contributed by atoms with Crippen LogP contribution < -0.4 is 9.47 Å². The summed E-state index contributed by atoms with van der Waals surface area (Å²) in [7, 11) is 0. The minimum atomic E-state index is 0.237. The molecule has 0 atom stereocenters. The summed E-state index contributed by atoms with van der Waals surface area (Å²) in [4.78, 5) is 11.4. The monoisotopic (exact) mass is 499 g/mol. The molecule has 0 bridgehead atoms. The van der Waals surface area contributed by atoms with E-state index in [1.165, 1.54) is 0 Å². The van der Waals surface area contributed by atoms with Crippen LogP contribution in [0.4, 0.5) is 0 Å². The number of benzene rings is 2. The Labute approximate surface area is 217 Å². The normalized spacial score (nSPS) is 14.5. The quantitative estimate of drug-likeness (QED) is 0.270. The van der Waals surface area contributed by atoms with Gasteiger partial charge in [-0.05, 0) is 73.4 Å². The Morgan fingerprint density at radius 1 is 0.889 bits per heavy atom. The van der Waals surface area contributed by atoms with E-state index in [1.807, 2.05) is 54.7 Å². The average molecular weight is 500 g/mol. The third kappa shape index (κ3) is 6.23. The molecule has 1 aliphatic heterocycles. The molecule has 2 aromatic heterocycles. The van der Waals surface area contributed by atoms with E-state index in [-0.39, 0.29) is 6.10 Å². The van der Waals surface area contributed by atoms with Gasteiger partial charge in [-0.1, -0.05) is 35.9 Å². The van der Waals surface area contributed by atoms with E-state index < -0.39 is 0 Å². The maximum Gasteiger partial charge on any atom is 0.213 e. The van der Waals surface area contributed by atoms with Gasteiger partial charge in [0.15, 0.2) is 0 Å². The predicted molar refractivity (Wildman–Crippen MR) is 145 cm³/mol. The van der Waals surface area contributed by atoms with E-state index in [4.69, 9.17) is 21.1 Å². The largest absolute Gasteiger partial charge is 0.492 e. The van der Waals surface area contributed by atoms with E-state index in [2.05, 4.69) is 46.1 Å². The summed E-state index contributed by atoms with van der Waals surface area (Å²) in [5.74, 6) is 1.64. The van der Waals surface area contributed by atoms with E-state index in [9.17, 15) is 0 Å². The van der Waals surface area contributed by atoms with Gasteiger partial charge in [0.2, 0.25) is 5.88 Å². The summed E-state index contributed by atoms with van der Waals surface area (Å²) < 4.78 is 12.1. The fraction of sp³-hybridized carbons (Fsp3) is 0.267. The Morgan fingerprint density at radius 3 is 2.36 bits per heavy atom. The maximum absolute atomic E-state index is 6.13. The predicted octanol–water partition coefficient (Wildman–Crippen LogP) is 6.69. The van der Waals surface area contributed by atoms with Gasteiger partial charge in [0.05, 0.1) is 5.69 Å². The number of halogens is 1. The van der Waals surface area contributed by atoms with Gasteiger partial charge in [-0.25, -0.2) is 4.98 Å². The Hall–Kier alpha value is -3.41. The smallest absolute Gasteiger partial charge is 0.213 e. The topological polar surface area (TPSA) is 47.5 Å². The second kappa shape index (κ2) is 11.5. The summed E-state index contributed by atoms with van der Waals surface area (Å²) in [5.41, 5.74) is 5.30. The van der Waals surface area contributed by atoms with Crippen molar-refractivity contribution in [3.05, 3.63) is 95.8 Å². The number of aryl methyl sites for hydroxylation is 1. The van der Waals surface area contributed by atoms with Crippen LogP contribution in [0.2, 0.25) is 5.02 Å². The van der Waals surface area contributed by atoms with Gasteiger partial charge >= 0.3 is 0 Å². The third-order valence-corrected chi connectivity index (χ3v) is 6.79. The first kappa shape index (κ1) is 24.3. The van der Waals surface area contributed by atoms with Crippen molar-refractivity contribution in [2.24, 2.45) is 0 Å². The molecule has 2 aromatic carbocycles. The third-order valence-electron chi connectivity index (χ3n) is 6.54. The maximum atomic E-state index is 6.13. The van der Waals surface area contributed by atoms with Crippen LogP contribution in [0.3, 0.4) is 0 Å². The highest BCUT2D eigenvalue weighted by molar-refractivity contribution is 6.30. The summed E-state index contributed by atoms with van der Waals surface area (Å²) in [5, 5.41) is 0.733. The van der Waals surface area contributed by atoms with Crippen molar-refractivity contribution in [3.63, 3.8) is 0 Å². The molecule has 0 amide bonds. The molecule has 4 aromatic rings. The highest BCUT2D eigenvalue weighted by Gasteiger charge is 2.20. The second-order valence-corrected chi connectivity index (χ2v) is 9.53. The number of aromatic nitrogens is 2. The van der Waals surface area contributed by atoms with Crippen LogP contribution in [-0.4, -0.2) is 47.2 Å². The van der Waals surface area contributed by atoms with Crippen molar-refractivity contribution >= 4 is 11.6 Å². The minimum absolute atomic E-state index is 0.237. The Balaban J connectivity index is 1.10. The highest BCUT2D eigenvalue weighted by Crippen LogP contribution is 2.27. The number of nitrogens with zero attached hydrogens (tertiary/aromatic N) is 3. The molecule has 0 radical (unpaired) electrons. The molecule has 1 aliphatic rings. The molecule has 5 rings (SSSR count). The van der Waals surface area contributed by atoms with Crippen LogP contribution in [-0.2, 0) is 0 Å². The fourth-order valence-corrected chi connectivity index (χ4v) is 4.60. The summed E-state index contributed by atoms with van der Waals surface area (Å²) in [6, 6.07) is 24.0. The van der Waals surface area contributed by atoms with Gasteiger partial charge in [-0.2, -0.15) is 0 Å². The van der Waals surface area contributed by atoms with Crippen molar-refractivity contribution in [3.8, 4) is 34.0 Å². The average Bonchev–Trinajstić information content (AvgIpc) is 2.92. The van der Waals surface area contributed by atoms with Crippen molar-refractivity contribution < 1.29 is 9.47 Å². The zero-order valence-corrected chi connectivity index (χ0v) is 21.2. The molecule has 3 heterocycles. The standard InChI is InChI=1S/C30H30ClN3O2/c1-22-20-24(28-11-7-25(21-33-28)23-5-9-26(31)10-6-23)8-12-29(22)35-19-18-34-16-13-27(14-17-34)36-30-4-2-3-15-32-30/h2-12,15,20-21,27H,13-14,16-19H2,1H3. The molecule has 0 unspecified atom stereocenters. The lowest BCUT2D eigenvalue weighted by Gasteiger charge is -2.31. The van der Waals surface area contributed by atoms with Crippen LogP contribution in [0, 0.1) is 6.92 Å². The SMILES string of the molecule is Cc1cc(-c2ccc(-c3ccc(Cl)cc3)cn2)ccc1OCCN1CCC(Oc2ccccn2)CC1. The molecule has 0 aliphatic carbocycles. The number of hydrogen-bond acceptors (Lipinski definition) is 5. The number of ether oxygens (including phenoxy) is 2. The van der Waals surface area contributed by atoms with Gasteiger partial charge in [-0.15, -0.1) is 0 Å². The molecule has 5 nitrogen and oxygen atoms in total. The molecule has 1 fully saturated rings. The van der Waals surface area contributed by atoms with Gasteiger partial charge in [0.1, 0.15) is 18.5 Å². The molecule has 1 saturated heterocycles. The minimum Gasteiger partial charge on any atom is -0.492 e. The fourth-order valence-electron chi connectivity index (χ4n) is 4.47. The first-order chi connectivity index (χ1) is 17.6. The molecule has 36 heavy (non-hydrogen) atoms. The van der Waals surface area contributed by atoms with Crippen LogP contribution in [0.5, 0.6) is 11.6 Å². The Bertz CT molecular complexity index is 1260. The highest BCUT2D eigenvalue weighted by atomic mass is 35.5. The van der Waals surface area contributed by atoms with Crippen LogP contribution in [0.1, 0.15) is 18.4 Å². The lowest BCUT2D eigenvalue weighted by Crippen LogP contribution is -2.40. The number of piperidine rings is 1. The summed E-state index contributed by atoms with van der Waals surface area (Å²) in [6.07, 6.45) is 5.93. The zero-order valence-electron chi connectivity index (χ0n) is 20.4. The Morgan fingerprint density at radius 2 is 1.67 bits per heavy atom. The van der Waals surface area contributed by atoms with Crippen molar-refractivity contribution in [2.45, 2.75) is 25.9 Å². The Kier molecular flexibility index (Phi) is 7.79. The van der Waals surface area contributed by atoms with Gasteiger partial charge < -0.3 is 9.47 Å². The van der Waals surface area contributed by atoms with E-state index in [0.29, 0.717) is 12.5 Å². The van der Waals surface area contributed by atoms with Crippen LogP contribution in [0.25, 0.3) is 22.4 Å². The molecule has 184 valence electrons. The first-order valence-electron chi connectivity index (χ1n) is 12.4. The zero-order chi connectivity index (χ0) is 24.7. The second-order valence-electron chi connectivity index (χ2n) is 9.09. The number of hydrogen-bond donors (Lipinski definition) is 0. The van der Waals surface area contributed by atoms with Crippen molar-refractivity contribution in [1.29, 1.82) is 0 Å². The molecular weight excluding hydrogens is 470 g/mol. The first-order valence-corrected chi connectivity index (χ1v) is 12.8. The molecule has 0 N–H and O–H groups in total. The van der Waals surface area contributed by atoms with Gasteiger partial charge in [-0.3, -0.25) is 9.88 Å². The van der Waals surface area contributed by atoms with Gasteiger partial charge in [0, 0.05) is 54.2 Å². The van der Waals surface area contributed by atoms with E-state index in [0.717, 1.165) is 71.2 Å². The lowest BCUT2D eigenvalue weighted by molar-refractivity contribution is 0.0883. The molecular formula is C30H30ClN3O2. The molecule has 6 heteroatoms. The van der Waals surface area contributed by atoms with Crippen molar-refractivity contribution in [2.75, 3.05) is 26.2 Å². The van der Waals surface area contributed by atoms with Gasteiger partial charge in [0.25, 0.3) is 0 Å². The van der Waals surface area contributed by atoms with Crippen LogP contribution in [0.15, 0.2) is 85.2 Å². The molecule has 0 saturated carbocycles. The lowest BCUT2D eigenvalue weighted by atomic mass is 10.0. The number of rotatable bonds is 8. The van der Waals surface area contributed by atoms with Crippen molar-refractivity contribution in [1.82, 2.24) is 14.9 Å². The summed E-state index contributed by atoms with van der Waals surface area (Å²) in [6.45, 7) is 5.68. The molecule has 0 spiro atoms. The van der Waals surface area contributed by atoms with E-state index >= 15 is 0 Å². The summed E-state index contributed by atoms with van der Waals surface area (Å²) >= 11 is 6.00. The van der Waals surface area contributed by atoms with E-state index in [1.54, 1.807) is 6.20 Å². The number of likely N-dealkylation sites (tertiary alicyclic amines) is 1.